The van der Waals surface area contributed by atoms with E-state index in [-0.39, 0.29) is 12.3 Å². The Bertz CT molecular complexity index is 3300. The lowest BCUT2D eigenvalue weighted by Gasteiger charge is -2.35. The second kappa shape index (κ2) is 12.8. The predicted octanol–water partition coefficient (Wildman–Crippen LogP) is 13.7. The molecule has 0 amide bonds. The smallest absolute Gasteiger partial charge is 0.160 e. The maximum absolute atomic E-state index is 4.04. The number of nitrogens with zero attached hydrogens (tertiary/aromatic N) is 2. The monoisotopic (exact) mass is 748 g/mol. The minimum absolute atomic E-state index is 0.0518. The molecule has 8 aromatic carbocycles. The number of hydrogen-bond donors (Lipinski definition) is 2. The van der Waals surface area contributed by atoms with Gasteiger partial charge in [0.15, 0.2) is 6.29 Å². The summed E-state index contributed by atoms with van der Waals surface area (Å²) in [7, 11) is 0. The quantitative estimate of drug-likeness (QED) is 0.184. The van der Waals surface area contributed by atoms with Crippen molar-refractivity contribution in [2.75, 3.05) is 5.32 Å². The number of para-hydroxylation sites is 2. The lowest BCUT2D eigenvalue weighted by atomic mass is 10.0. The first kappa shape index (κ1) is 32.3. The van der Waals surface area contributed by atoms with Crippen molar-refractivity contribution in [1.82, 2.24) is 14.5 Å². The molecule has 0 bridgehead atoms. The van der Waals surface area contributed by atoms with Gasteiger partial charge in [-0.15, -0.1) is 11.3 Å². The minimum Gasteiger partial charge on any atom is -0.351 e. The number of thiophene rings is 1. The number of anilines is 1. The Hall–Kier alpha value is -6.92. The number of nitrogens with one attached hydrogen (secondary N) is 2. The summed E-state index contributed by atoms with van der Waals surface area (Å²) in [5.74, 6) is 0. The summed E-state index contributed by atoms with van der Waals surface area (Å²) in [5.41, 5.74) is 13.3. The number of hydrogen-bond acceptors (Lipinski definition) is 3. The van der Waals surface area contributed by atoms with Gasteiger partial charge in [0.25, 0.3) is 0 Å². The van der Waals surface area contributed by atoms with Crippen molar-refractivity contribution < 1.29 is 0 Å². The van der Waals surface area contributed by atoms with Gasteiger partial charge in [0.1, 0.15) is 0 Å². The van der Waals surface area contributed by atoms with Crippen LogP contribution in [0.3, 0.4) is 0 Å². The van der Waals surface area contributed by atoms with Crippen LogP contribution in [0.2, 0.25) is 0 Å². The molecule has 5 heteroatoms. The average molecular weight is 749 g/mol. The minimum atomic E-state index is -0.168. The molecule has 12 rings (SSSR count). The molecule has 11 aromatic rings. The highest BCUT2D eigenvalue weighted by Gasteiger charge is 2.32. The van der Waals surface area contributed by atoms with Gasteiger partial charge in [-0.25, -0.2) is 0 Å². The number of rotatable bonds is 5. The molecule has 0 saturated carbocycles. The standard InChI is InChI=1S/C52H36N4S/c1-3-13-33(14-4-1)34-23-27-38(28-24-34)55-44-20-10-7-17-39(44)42-31-36(25-29-46(42)55)37-26-30-47-43(32-37)40-18-8-11-21-45(40)56(47)52-53-49(35-15-5-2-6-16-35)51-50(54-52)41-19-9-12-22-48(41)57-51/h1-32,49,52-54H. The maximum atomic E-state index is 4.04. The van der Waals surface area contributed by atoms with Crippen LogP contribution in [0.25, 0.3) is 81.6 Å². The van der Waals surface area contributed by atoms with Crippen LogP contribution in [0.15, 0.2) is 194 Å². The second-order valence-corrected chi connectivity index (χ2v) is 16.1. The van der Waals surface area contributed by atoms with Gasteiger partial charge in [0, 0.05) is 37.3 Å². The summed E-state index contributed by atoms with van der Waals surface area (Å²) in [5, 5.41) is 14.3. The summed E-state index contributed by atoms with van der Waals surface area (Å²) < 4.78 is 6.15. The number of fused-ring (bicyclic) bond motifs is 9. The van der Waals surface area contributed by atoms with Crippen molar-refractivity contribution in [1.29, 1.82) is 0 Å². The van der Waals surface area contributed by atoms with E-state index < -0.39 is 0 Å². The van der Waals surface area contributed by atoms with Crippen LogP contribution >= 0.6 is 11.3 Å². The van der Waals surface area contributed by atoms with E-state index in [2.05, 4.69) is 214 Å². The maximum Gasteiger partial charge on any atom is 0.160 e. The third kappa shape index (κ3) is 5.10. The molecule has 270 valence electrons. The zero-order valence-corrected chi connectivity index (χ0v) is 31.7. The summed E-state index contributed by atoms with van der Waals surface area (Å²) in [6.45, 7) is 0. The van der Waals surface area contributed by atoms with Crippen LogP contribution in [-0.2, 0) is 0 Å². The van der Waals surface area contributed by atoms with Gasteiger partial charge >= 0.3 is 0 Å². The van der Waals surface area contributed by atoms with E-state index in [1.807, 2.05) is 11.3 Å². The highest BCUT2D eigenvalue weighted by atomic mass is 32.1. The third-order valence-electron chi connectivity index (χ3n) is 11.8. The van der Waals surface area contributed by atoms with E-state index in [1.54, 1.807) is 0 Å². The molecule has 57 heavy (non-hydrogen) atoms. The Morgan fingerprint density at radius 3 is 1.70 bits per heavy atom. The molecule has 1 aliphatic heterocycles. The third-order valence-corrected chi connectivity index (χ3v) is 13.1. The van der Waals surface area contributed by atoms with Gasteiger partial charge in [-0.1, -0.05) is 140 Å². The molecule has 0 radical (unpaired) electrons. The lowest BCUT2D eigenvalue weighted by molar-refractivity contribution is 0.422. The molecule has 2 atom stereocenters. The molecule has 4 nitrogen and oxygen atoms in total. The van der Waals surface area contributed by atoms with E-state index in [0.29, 0.717) is 0 Å². The normalized spacial score (nSPS) is 15.4. The first-order valence-electron chi connectivity index (χ1n) is 19.6. The largest absolute Gasteiger partial charge is 0.351 e. The molecular formula is C52H36N4S. The van der Waals surface area contributed by atoms with Crippen LogP contribution in [0.4, 0.5) is 5.69 Å². The van der Waals surface area contributed by atoms with Gasteiger partial charge in [-0.2, -0.15) is 0 Å². The van der Waals surface area contributed by atoms with E-state index >= 15 is 0 Å². The Morgan fingerprint density at radius 1 is 0.421 bits per heavy atom. The SMILES string of the molecule is c1ccc(-c2ccc(-n3c4ccccc4c4cc(-c5ccc6c(c5)c5ccccc5n6C5Nc6c(sc7ccccc67)C(c6ccccc6)N5)ccc43)cc2)cc1. The molecule has 0 saturated heterocycles. The van der Waals surface area contributed by atoms with E-state index in [4.69, 9.17) is 0 Å². The van der Waals surface area contributed by atoms with E-state index in [1.165, 1.54) is 92.1 Å². The summed E-state index contributed by atoms with van der Waals surface area (Å²) >= 11 is 1.87. The molecule has 1 aliphatic rings. The van der Waals surface area contributed by atoms with Gasteiger partial charge < -0.3 is 14.5 Å². The van der Waals surface area contributed by atoms with Gasteiger partial charge in [0.05, 0.1) is 38.7 Å². The Balaban J connectivity index is 0.977. The Morgan fingerprint density at radius 2 is 0.947 bits per heavy atom. The van der Waals surface area contributed by atoms with E-state index in [0.717, 1.165) is 5.69 Å². The Labute approximate surface area is 333 Å². The van der Waals surface area contributed by atoms with Crippen molar-refractivity contribution in [2.45, 2.75) is 12.3 Å². The van der Waals surface area contributed by atoms with Crippen LogP contribution < -0.4 is 10.6 Å². The summed E-state index contributed by atoms with van der Waals surface area (Å²) in [6, 6.07) is 70.8. The van der Waals surface area contributed by atoms with Crippen molar-refractivity contribution in [3.8, 4) is 27.9 Å². The average Bonchev–Trinajstić information content (AvgIpc) is 3.94. The first-order chi connectivity index (χ1) is 28.3. The van der Waals surface area contributed by atoms with Crippen molar-refractivity contribution >= 4 is 70.7 Å². The fourth-order valence-electron chi connectivity index (χ4n) is 9.19. The van der Waals surface area contributed by atoms with Crippen molar-refractivity contribution in [3.05, 3.63) is 205 Å². The molecule has 2 N–H and O–H groups in total. The van der Waals surface area contributed by atoms with Crippen molar-refractivity contribution in [3.63, 3.8) is 0 Å². The van der Waals surface area contributed by atoms with Crippen LogP contribution in [0.5, 0.6) is 0 Å². The molecule has 0 aliphatic carbocycles. The zero-order valence-electron chi connectivity index (χ0n) is 30.9. The van der Waals surface area contributed by atoms with Crippen molar-refractivity contribution in [2.24, 2.45) is 0 Å². The highest BCUT2D eigenvalue weighted by Crippen LogP contribution is 2.47. The molecule has 0 fully saturated rings. The topological polar surface area (TPSA) is 33.9 Å². The molecule has 3 aromatic heterocycles. The van der Waals surface area contributed by atoms with Gasteiger partial charge in [0.2, 0.25) is 0 Å². The molecule has 0 spiro atoms. The highest BCUT2D eigenvalue weighted by molar-refractivity contribution is 7.20. The first-order valence-corrected chi connectivity index (χ1v) is 20.4. The zero-order chi connectivity index (χ0) is 37.5. The molecular weight excluding hydrogens is 713 g/mol. The lowest BCUT2D eigenvalue weighted by Crippen LogP contribution is -2.39. The van der Waals surface area contributed by atoms with Crippen LogP contribution in [0.1, 0.15) is 22.8 Å². The summed E-state index contributed by atoms with van der Waals surface area (Å²) in [6.07, 6.45) is -0.168. The molecule has 2 unspecified atom stereocenters. The second-order valence-electron chi connectivity index (χ2n) is 15.0. The predicted molar refractivity (Wildman–Crippen MR) is 241 cm³/mol. The molecule has 4 heterocycles. The number of benzene rings is 8. The fourth-order valence-corrected chi connectivity index (χ4v) is 10.4. The Kier molecular flexibility index (Phi) is 7.27. The van der Waals surface area contributed by atoms with Crippen LogP contribution in [-0.4, -0.2) is 9.13 Å². The van der Waals surface area contributed by atoms with Crippen LogP contribution in [0, 0.1) is 0 Å². The van der Waals surface area contributed by atoms with Gasteiger partial charge in [-0.3, -0.25) is 5.32 Å². The number of aromatic nitrogens is 2. The summed E-state index contributed by atoms with van der Waals surface area (Å²) in [4.78, 5) is 1.32. The fraction of sp³-hybridized carbons (Fsp3) is 0.0385. The van der Waals surface area contributed by atoms with Gasteiger partial charge in [-0.05, 0) is 82.4 Å². The van der Waals surface area contributed by atoms with E-state index in [9.17, 15) is 0 Å².